The summed E-state index contributed by atoms with van der Waals surface area (Å²) in [5.41, 5.74) is 0. The van der Waals surface area contributed by atoms with Crippen LogP contribution in [0.25, 0.3) is 0 Å². The zero-order chi connectivity index (χ0) is 14.2. The molecular formula is C10H26O6Si2. The van der Waals surface area contributed by atoms with Crippen LogP contribution < -0.4 is 0 Å². The fourth-order valence-corrected chi connectivity index (χ4v) is 7.45. The predicted molar refractivity (Wildman–Crippen MR) is 72.7 cm³/mol. The van der Waals surface area contributed by atoms with E-state index in [1.807, 2.05) is 6.55 Å². The summed E-state index contributed by atoms with van der Waals surface area (Å²) in [5.74, 6) is 0. The van der Waals surface area contributed by atoms with E-state index in [-0.39, 0.29) is 13.2 Å². The number of aliphatic hydroxyl groups excluding tert-OH is 2. The van der Waals surface area contributed by atoms with Crippen molar-refractivity contribution < 1.29 is 28.3 Å². The molecule has 0 saturated heterocycles. The lowest BCUT2D eigenvalue weighted by atomic mass is 10.4. The van der Waals surface area contributed by atoms with Crippen LogP contribution in [0.1, 0.15) is 6.42 Å². The first-order chi connectivity index (χ1) is 8.22. The van der Waals surface area contributed by atoms with Crippen molar-refractivity contribution in [2.45, 2.75) is 38.2 Å². The van der Waals surface area contributed by atoms with Crippen molar-refractivity contribution in [1.82, 2.24) is 0 Å². The molecule has 2 unspecified atom stereocenters. The van der Waals surface area contributed by atoms with Crippen molar-refractivity contribution in [1.29, 1.82) is 0 Å². The largest absolute Gasteiger partial charge is 0.415 e. The van der Waals surface area contributed by atoms with E-state index in [2.05, 4.69) is 0 Å². The molecule has 0 aliphatic rings. The minimum atomic E-state index is -2.58. The van der Waals surface area contributed by atoms with Crippen molar-refractivity contribution in [2.24, 2.45) is 0 Å². The first-order valence-corrected chi connectivity index (χ1v) is 11.4. The van der Waals surface area contributed by atoms with E-state index in [0.29, 0.717) is 6.61 Å². The van der Waals surface area contributed by atoms with Gasteiger partial charge in [-0.05, 0) is 32.1 Å². The molecule has 0 radical (unpaired) electrons. The van der Waals surface area contributed by atoms with Gasteiger partial charge in [-0.3, -0.25) is 0 Å². The molecule has 0 aromatic rings. The Morgan fingerprint density at radius 1 is 1.22 bits per heavy atom. The highest BCUT2D eigenvalue weighted by Crippen LogP contribution is 2.19. The Labute approximate surface area is 111 Å². The van der Waals surface area contributed by atoms with Gasteiger partial charge in [0, 0.05) is 13.7 Å². The van der Waals surface area contributed by atoms with Gasteiger partial charge in [-0.25, -0.2) is 0 Å². The molecule has 0 aliphatic carbocycles. The van der Waals surface area contributed by atoms with Gasteiger partial charge in [-0.1, -0.05) is 0 Å². The number of hydrogen-bond acceptors (Lipinski definition) is 6. The first-order valence-electron chi connectivity index (χ1n) is 6.07. The summed E-state index contributed by atoms with van der Waals surface area (Å²) in [4.78, 5) is 9.77. The zero-order valence-corrected chi connectivity index (χ0v) is 13.7. The lowest BCUT2D eigenvalue weighted by Gasteiger charge is -2.31. The van der Waals surface area contributed by atoms with Crippen molar-refractivity contribution >= 4 is 17.1 Å². The molecule has 8 heteroatoms. The monoisotopic (exact) mass is 298 g/mol. The van der Waals surface area contributed by atoms with Crippen LogP contribution in [-0.2, 0) is 13.3 Å². The maximum Gasteiger partial charge on any atom is 0.325 e. The number of ether oxygens (including phenoxy) is 1. The molecule has 18 heavy (non-hydrogen) atoms. The molecule has 0 aliphatic heterocycles. The molecule has 0 aromatic heterocycles. The molecular weight excluding hydrogens is 272 g/mol. The maximum atomic E-state index is 9.77. The molecule has 0 aromatic carbocycles. The average Bonchev–Trinajstić information content (AvgIpc) is 2.26. The van der Waals surface area contributed by atoms with E-state index in [1.54, 1.807) is 20.2 Å². The summed E-state index contributed by atoms with van der Waals surface area (Å²) in [6.45, 7) is 5.65. The molecule has 0 spiro atoms. The number of rotatable bonds is 10. The Morgan fingerprint density at radius 3 is 2.28 bits per heavy atom. The van der Waals surface area contributed by atoms with Crippen LogP contribution in [0.2, 0.25) is 25.7 Å². The van der Waals surface area contributed by atoms with Crippen molar-refractivity contribution in [2.75, 3.05) is 26.9 Å². The highest BCUT2D eigenvalue weighted by molar-refractivity contribution is 6.78. The van der Waals surface area contributed by atoms with Crippen LogP contribution in [0.3, 0.4) is 0 Å². The van der Waals surface area contributed by atoms with Gasteiger partial charge in [0.1, 0.15) is 6.10 Å². The third-order valence-electron chi connectivity index (χ3n) is 2.34. The van der Waals surface area contributed by atoms with E-state index in [9.17, 15) is 4.80 Å². The Kier molecular flexibility index (Phi) is 8.47. The summed E-state index contributed by atoms with van der Waals surface area (Å²) in [6, 6.07) is 0.718. The summed E-state index contributed by atoms with van der Waals surface area (Å²) < 4.78 is 16.3. The van der Waals surface area contributed by atoms with Gasteiger partial charge in [0.2, 0.25) is 0 Å². The SMILES string of the molecule is CO[Si](C)(CCCOCC(O)CO)O[Si](C)(C)O. The van der Waals surface area contributed by atoms with Gasteiger partial charge in [-0.15, -0.1) is 0 Å². The average molecular weight is 298 g/mol. The predicted octanol–water partition coefficient (Wildman–Crippen LogP) is 0.175. The van der Waals surface area contributed by atoms with E-state index in [4.69, 9.17) is 23.5 Å². The maximum absolute atomic E-state index is 9.77. The number of hydrogen-bond donors (Lipinski definition) is 3. The summed E-state index contributed by atoms with van der Waals surface area (Å²) in [7, 11) is -3.31. The summed E-state index contributed by atoms with van der Waals surface area (Å²) >= 11 is 0. The third kappa shape index (κ3) is 9.17. The minimum absolute atomic E-state index is 0.128. The van der Waals surface area contributed by atoms with Gasteiger partial charge in [0.25, 0.3) is 0 Å². The lowest BCUT2D eigenvalue weighted by Crippen LogP contribution is -2.48. The van der Waals surface area contributed by atoms with E-state index in [0.717, 1.165) is 12.5 Å². The lowest BCUT2D eigenvalue weighted by molar-refractivity contribution is 0.00617. The highest BCUT2D eigenvalue weighted by atomic mass is 28.5. The summed E-state index contributed by atoms with van der Waals surface area (Å²) in [6.07, 6.45) is -0.0878. The van der Waals surface area contributed by atoms with Crippen molar-refractivity contribution in [3.63, 3.8) is 0 Å². The molecule has 3 N–H and O–H groups in total. The minimum Gasteiger partial charge on any atom is -0.415 e. The molecule has 0 bridgehead atoms. The van der Waals surface area contributed by atoms with Crippen LogP contribution in [0.4, 0.5) is 0 Å². The third-order valence-corrected chi connectivity index (χ3v) is 8.19. The van der Waals surface area contributed by atoms with Gasteiger partial charge in [0.05, 0.1) is 13.2 Å². The van der Waals surface area contributed by atoms with Crippen LogP contribution >= 0.6 is 0 Å². The normalized spacial score (nSPS) is 17.5. The van der Waals surface area contributed by atoms with Gasteiger partial charge >= 0.3 is 17.1 Å². The van der Waals surface area contributed by atoms with E-state index in [1.165, 1.54) is 0 Å². The fraction of sp³-hybridized carbons (Fsp3) is 1.00. The van der Waals surface area contributed by atoms with Crippen molar-refractivity contribution in [3.05, 3.63) is 0 Å². The smallest absolute Gasteiger partial charge is 0.325 e. The van der Waals surface area contributed by atoms with Crippen LogP contribution in [0, 0.1) is 0 Å². The second-order valence-corrected chi connectivity index (χ2v) is 11.8. The van der Waals surface area contributed by atoms with Crippen molar-refractivity contribution in [3.8, 4) is 0 Å². The van der Waals surface area contributed by atoms with Gasteiger partial charge < -0.3 is 28.3 Å². The van der Waals surface area contributed by atoms with Gasteiger partial charge in [-0.2, -0.15) is 0 Å². The Balaban J connectivity index is 3.86. The molecule has 2 atom stereocenters. The first kappa shape index (κ1) is 18.2. The van der Waals surface area contributed by atoms with Crippen LogP contribution in [0.5, 0.6) is 0 Å². The Hall–Kier alpha value is 0.194. The fourth-order valence-electron chi connectivity index (χ4n) is 1.49. The molecule has 0 rings (SSSR count). The topological polar surface area (TPSA) is 88.4 Å². The van der Waals surface area contributed by atoms with E-state index < -0.39 is 23.2 Å². The summed E-state index contributed by atoms with van der Waals surface area (Å²) in [5, 5.41) is 17.7. The number of aliphatic hydroxyl groups is 2. The van der Waals surface area contributed by atoms with Crippen LogP contribution in [-0.4, -0.2) is 65.2 Å². The van der Waals surface area contributed by atoms with Gasteiger partial charge in [0.15, 0.2) is 0 Å². The second-order valence-electron chi connectivity index (χ2n) is 4.90. The molecule has 0 fully saturated rings. The standard InChI is InChI=1S/C10H26O6Si2/c1-14-18(4,16-17(2,3)13)7-5-6-15-9-10(12)8-11/h10-13H,5-9H2,1-4H3. The molecule has 6 nitrogen and oxygen atoms in total. The molecule has 0 heterocycles. The second kappa shape index (κ2) is 8.38. The Bertz CT molecular complexity index is 223. The Morgan fingerprint density at radius 2 is 1.83 bits per heavy atom. The quantitative estimate of drug-likeness (QED) is 0.394. The zero-order valence-electron chi connectivity index (χ0n) is 11.7. The molecule has 0 amide bonds. The molecule has 0 saturated carbocycles. The van der Waals surface area contributed by atoms with Crippen LogP contribution in [0.15, 0.2) is 0 Å². The highest BCUT2D eigenvalue weighted by Gasteiger charge is 2.36. The van der Waals surface area contributed by atoms with E-state index >= 15 is 0 Å². The molecule has 110 valence electrons.